The van der Waals surface area contributed by atoms with Gasteiger partial charge in [-0.15, -0.1) is 6.42 Å². The first-order chi connectivity index (χ1) is 49.9. The number of hydrogen-bond acceptors (Lipinski definition) is 6. The van der Waals surface area contributed by atoms with E-state index in [1.54, 1.807) is 13.8 Å². The Morgan fingerprint density at radius 1 is 0.288 bits per heavy atom. The van der Waals surface area contributed by atoms with Crippen LogP contribution in [0.4, 0.5) is 0 Å². The molecule has 1 amide bonds. The molecule has 7 nitrogen and oxygen atoms in total. The van der Waals surface area contributed by atoms with Crippen molar-refractivity contribution in [2.45, 2.75) is 454 Å². The summed E-state index contributed by atoms with van der Waals surface area (Å²) in [6, 6.07) is 0. The van der Waals surface area contributed by atoms with E-state index in [4.69, 9.17) is 9.47 Å². The molecule has 0 aliphatic heterocycles. The number of Topliss-reactive ketones (excluding diaryl/α,β-unsaturated/α-hetero) is 1. The molecule has 0 rings (SSSR count). The topological polar surface area (TPSA) is 98.8 Å². The molecule has 0 aromatic rings. The largest absolute Gasteiger partial charge is 2.00 e. The number of unbranched alkanes of at least 4 members (excludes halogenated alkanes) is 9. The van der Waals surface area contributed by atoms with Gasteiger partial charge in [0.1, 0.15) is 5.78 Å². The molecule has 1 N–H and O–H groups in total. The number of carbonyl (C=O) groups is 4. The second kappa shape index (κ2) is 178. The third-order valence-corrected chi connectivity index (χ3v) is 10.8. The van der Waals surface area contributed by atoms with Crippen molar-refractivity contribution in [3.05, 3.63) is 125 Å². The van der Waals surface area contributed by atoms with Crippen LogP contribution in [-0.4, -0.2) is 43.4 Å². The molecule has 0 heterocycles. The molecule has 0 bridgehead atoms. The minimum absolute atomic E-state index is 0. The first-order valence-electron chi connectivity index (χ1n) is 43.1. The molecule has 0 aliphatic rings. The number of hydrogen-bond donors (Lipinski definition) is 1. The molecular weight excluding hydrogens is 2990 g/mol. The van der Waals surface area contributed by atoms with Crippen LogP contribution in [0.25, 0.3) is 0 Å². The van der Waals surface area contributed by atoms with Gasteiger partial charge in [-0.25, -0.2) is 0 Å². The SMILES string of the molecule is C.[CH2-]C.[CH2-]C.[CH2-]CC.[CH2-]CC.[CH2-]CC.[CH2-]CC.[CH2-]CC.[CH2-]CC.[CH2-]CC.[CH2-]CCC(=O)NCC(C)(C)C.[CH2-]CCC(=O)OCC(C)(C)C.[CH2-]CCC(C)(C)C.[CH2-]CCCC(=O)CC(C)(C)C.[CH2-]CCCC(C)C.[CH2-]CCCC(C)C.[CH2-]CCCCCC(C)C.[CH2-]CCCCCC(C)C.[CH2-]CCOC(=O)CC(C)(C)C.[W+2].[W+2].[W+2].[W+2].[W+2].[W+2].[W+2].[W+2].[W+2]. The zero-order valence-corrected chi connectivity index (χ0v) is 111. The van der Waals surface area contributed by atoms with Crippen LogP contribution in [0, 0.1) is 175 Å². The van der Waals surface area contributed by atoms with E-state index in [1.165, 1.54) is 83.5 Å². The molecule has 0 atom stereocenters. The standard InChI is InChI=1S/C10H19O.C9H18NO.2C9H17O2.2C9H19.3C7H15.7C3H7.2C2H5.CH4.9W/c1-5-6-7-9(11)8-10(2,3)4;1-5-6-8(11)10-7-9(2,3)4;1-5-6-11-8(10)7-9(2,3)4;1-5-6-8(10)11-7-9(2,3)4;2*1-4-5-6-7-8-9(2)3;1-5-6-7(2,3)4;2*1-4-5-6-7(2)3;7*1-3-2;2*1-2;;;;;;;;;;/h1,5-8H2,2-4H3;1,5-7H2,2-4H3,(H,10,11);2*1,5-7H2,2-4H3;2*9H,1,4-8H2,2-3H3;1,5-6H2,2-4H3;2*7H,1,4-6H2,2-3H3;7*1,3H2,2H3;2*1H2,2H3;1H4;;;;;;;;;/q18*-1;;9*+2. The quantitative estimate of drug-likeness (QED) is 0.0437. The van der Waals surface area contributed by atoms with Crippen LogP contribution in [-0.2, 0) is 218 Å². The summed E-state index contributed by atoms with van der Waals surface area (Å²) in [5, 5.41) is 2.84. The van der Waals surface area contributed by atoms with Crippen molar-refractivity contribution in [1.82, 2.24) is 5.32 Å². The van der Waals surface area contributed by atoms with E-state index in [0.29, 0.717) is 75.8 Å². The Labute approximate surface area is 886 Å². The van der Waals surface area contributed by atoms with Crippen LogP contribution in [0.5, 0.6) is 0 Å². The second-order valence-electron chi connectivity index (χ2n) is 33.4. The van der Waals surface area contributed by atoms with Crippen molar-refractivity contribution in [2.24, 2.45) is 50.7 Å². The van der Waals surface area contributed by atoms with Crippen LogP contribution in [0.15, 0.2) is 0 Å². The Balaban J connectivity index is -0.0000000284. The molecule has 0 aromatic heterocycles. The summed E-state index contributed by atoms with van der Waals surface area (Å²) < 4.78 is 9.83. The maximum absolute atomic E-state index is 11.2. The summed E-state index contributed by atoms with van der Waals surface area (Å²) in [6.45, 7) is 133. The zero-order chi connectivity index (χ0) is 90.1. The first kappa shape index (κ1) is 202. The summed E-state index contributed by atoms with van der Waals surface area (Å²) >= 11 is 0. The minimum atomic E-state index is -0.144. The van der Waals surface area contributed by atoms with Gasteiger partial charge in [-0.3, -0.25) is 19.2 Å². The molecular formula is C102H217NO6W9. The summed E-state index contributed by atoms with van der Waals surface area (Å²) in [7, 11) is 0. The third-order valence-electron chi connectivity index (χ3n) is 10.8. The number of rotatable bonds is 30. The number of nitrogens with one attached hydrogen (secondary N) is 1. The van der Waals surface area contributed by atoms with Crippen LogP contribution in [0.3, 0.4) is 0 Å². The van der Waals surface area contributed by atoms with Crippen molar-refractivity contribution < 1.29 is 218 Å². The summed E-state index contributed by atoms with van der Waals surface area (Å²) in [5.74, 6) is 3.71. The molecule has 0 unspecified atom stereocenters. The first-order valence-corrected chi connectivity index (χ1v) is 43.1. The van der Waals surface area contributed by atoms with E-state index in [-0.39, 0.29) is 237 Å². The minimum Gasteiger partial charge on any atom is -0.468 e. The fourth-order valence-corrected chi connectivity index (χ4v) is 6.25. The summed E-state index contributed by atoms with van der Waals surface area (Å²) in [4.78, 5) is 43.9. The van der Waals surface area contributed by atoms with E-state index in [9.17, 15) is 19.2 Å². The van der Waals surface area contributed by atoms with Gasteiger partial charge < -0.3 is 139 Å². The van der Waals surface area contributed by atoms with E-state index in [1.807, 2.05) is 90.0 Å². The number of ketones is 1. The fourth-order valence-electron chi connectivity index (χ4n) is 6.25. The van der Waals surface area contributed by atoms with Crippen LogP contribution in [0.2, 0.25) is 0 Å². The molecule has 720 valence electrons. The average molecular weight is 3210 g/mol. The average Bonchev–Trinajstić information content (AvgIpc) is 0.956. The number of amides is 1. The molecule has 0 radical (unpaired) electrons. The van der Waals surface area contributed by atoms with Crippen LogP contribution >= 0.6 is 0 Å². The third kappa shape index (κ3) is 414. The van der Waals surface area contributed by atoms with Crippen molar-refractivity contribution in [1.29, 1.82) is 0 Å². The maximum atomic E-state index is 11.2. The maximum Gasteiger partial charge on any atom is 2.00 e. The van der Waals surface area contributed by atoms with Gasteiger partial charge in [0.2, 0.25) is 5.91 Å². The van der Waals surface area contributed by atoms with Gasteiger partial charge in [0.15, 0.2) is 0 Å². The molecule has 0 aliphatic carbocycles. The molecule has 118 heavy (non-hydrogen) atoms. The Morgan fingerprint density at radius 3 is 0.729 bits per heavy atom. The van der Waals surface area contributed by atoms with Gasteiger partial charge >= 0.3 is 202 Å². The smallest absolute Gasteiger partial charge is 0.468 e. The number of carbonyl (C=O) groups excluding carboxylic acids is 4. The number of esters is 2. The Kier molecular flexibility index (Phi) is 305. The summed E-state index contributed by atoms with van der Waals surface area (Å²) in [6.07, 6.45) is 36.5. The Hall–Kier alpha value is 4.27. The molecule has 0 saturated heterocycles. The Morgan fingerprint density at radius 2 is 0.551 bits per heavy atom. The van der Waals surface area contributed by atoms with E-state index < -0.39 is 0 Å². The van der Waals surface area contributed by atoms with E-state index in [2.05, 4.69) is 248 Å². The van der Waals surface area contributed by atoms with Crippen molar-refractivity contribution in [3.63, 3.8) is 0 Å². The van der Waals surface area contributed by atoms with Gasteiger partial charge in [-0.05, 0) is 57.2 Å². The van der Waals surface area contributed by atoms with E-state index in [0.717, 1.165) is 120 Å². The van der Waals surface area contributed by atoms with Gasteiger partial charge in [-0.1, -0.05) is 305 Å². The monoisotopic (exact) mass is 3210 g/mol. The molecule has 0 spiro atoms. The molecule has 0 saturated carbocycles. The second-order valence-corrected chi connectivity index (χ2v) is 33.4. The predicted octanol–water partition coefficient (Wildman–Crippen LogP) is 34.8. The van der Waals surface area contributed by atoms with Crippen molar-refractivity contribution >= 4 is 23.6 Å². The normalized spacial score (nSPS) is 8.97. The molecule has 0 fully saturated rings. The van der Waals surface area contributed by atoms with Gasteiger partial charge in [0.25, 0.3) is 0 Å². The Bertz CT molecular complexity index is 1350. The van der Waals surface area contributed by atoms with Crippen molar-refractivity contribution in [3.8, 4) is 0 Å². The van der Waals surface area contributed by atoms with Gasteiger partial charge in [-0.2, -0.15) is 110 Å². The molecule has 16 heteroatoms. The van der Waals surface area contributed by atoms with Gasteiger partial charge in [0.05, 0.1) is 19.6 Å². The summed E-state index contributed by atoms with van der Waals surface area (Å²) in [5.41, 5.74) is 0.909. The fraction of sp³-hybridized carbons (Fsp3) is 0.784. The number of ether oxygens (including phenoxy) is 2. The van der Waals surface area contributed by atoms with Crippen LogP contribution < -0.4 is 5.32 Å². The predicted molar refractivity (Wildman–Crippen MR) is 512 cm³/mol. The molecule has 0 aromatic carbocycles. The van der Waals surface area contributed by atoms with Crippen LogP contribution in [0.1, 0.15) is 454 Å². The van der Waals surface area contributed by atoms with E-state index >= 15 is 0 Å². The van der Waals surface area contributed by atoms with Crippen molar-refractivity contribution in [2.75, 3.05) is 19.8 Å². The zero-order valence-electron chi connectivity index (χ0n) is 85.0. The van der Waals surface area contributed by atoms with Gasteiger partial charge in [0, 0.05) is 25.8 Å².